The normalized spacial score (nSPS) is 10.3. The van der Waals surface area contributed by atoms with E-state index in [9.17, 15) is 4.79 Å². The van der Waals surface area contributed by atoms with Gasteiger partial charge in [-0.15, -0.1) is 0 Å². The Morgan fingerprint density at radius 2 is 2.09 bits per heavy atom. The van der Waals surface area contributed by atoms with Gasteiger partial charge in [-0.25, -0.2) is 0 Å². The topological polar surface area (TPSA) is 65.4 Å². The van der Waals surface area contributed by atoms with Gasteiger partial charge in [0.15, 0.2) is 11.5 Å². The Morgan fingerprint density at radius 3 is 2.73 bits per heavy atom. The number of benzene rings is 1. The van der Waals surface area contributed by atoms with Gasteiger partial charge in [0.2, 0.25) is 5.91 Å². The smallest absolute Gasteiger partial charge is 0.241 e. The lowest BCUT2D eigenvalue weighted by atomic mass is 10.1. The standard InChI is InChI=1S/C15H18ClN3O3/c1-21-13-4-3-11(7-14(13)22-2)5-6-17-15(20)10-19-9-12(16)8-18-19/h3-4,7-9H,5-6,10H2,1-2H3,(H,17,20). The molecule has 1 heterocycles. The Morgan fingerprint density at radius 1 is 1.32 bits per heavy atom. The molecule has 0 saturated carbocycles. The summed E-state index contributed by atoms with van der Waals surface area (Å²) in [5, 5.41) is 7.31. The second kappa shape index (κ2) is 7.70. The molecule has 2 aromatic rings. The van der Waals surface area contributed by atoms with Crippen LogP contribution in [-0.4, -0.2) is 36.5 Å². The molecule has 0 unspecified atom stereocenters. The number of ether oxygens (including phenoxy) is 2. The summed E-state index contributed by atoms with van der Waals surface area (Å²) >= 11 is 5.74. The molecule has 0 aliphatic carbocycles. The van der Waals surface area contributed by atoms with Crippen LogP contribution in [0.25, 0.3) is 0 Å². The molecule has 7 heteroatoms. The van der Waals surface area contributed by atoms with Crippen LogP contribution in [0.4, 0.5) is 0 Å². The Labute approximate surface area is 134 Å². The Hall–Kier alpha value is -2.21. The van der Waals surface area contributed by atoms with Crippen molar-refractivity contribution >= 4 is 17.5 Å². The molecule has 1 aromatic carbocycles. The van der Waals surface area contributed by atoms with Crippen molar-refractivity contribution in [3.05, 3.63) is 41.2 Å². The van der Waals surface area contributed by atoms with Crippen LogP contribution >= 0.6 is 11.6 Å². The fraction of sp³-hybridized carbons (Fsp3) is 0.333. The van der Waals surface area contributed by atoms with E-state index >= 15 is 0 Å². The zero-order valence-corrected chi connectivity index (χ0v) is 13.3. The Balaban J connectivity index is 1.82. The molecule has 6 nitrogen and oxygen atoms in total. The van der Waals surface area contributed by atoms with E-state index in [0.717, 1.165) is 5.56 Å². The maximum atomic E-state index is 11.8. The maximum Gasteiger partial charge on any atom is 0.241 e. The molecular formula is C15H18ClN3O3. The number of carbonyl (C=O) groups excluding carboxylic acids is 1. The molecule has 0 atom stereocenters. The average Bonchev–Trinajstić information content (AvgIpc) is 2.92. The summed E-state index contributed by atoms with van der Waals surface area (Å²) in [5.41, 5.74) is 1.06. The van der Waals surface area contributed by atoms with Crippen LogP contribution < -0.4 is 14.8 Å². The molecule has 0 saturated heterocycles. The third-order valence-corrected chi connectivity index (χ3v) is 3.29. The van der Waals surface area contributed by atoms with Gasteiger partial charge in [-0.3, -0.25) is 9.48 Å². The first-order valence-corrected chi connectivity index (χ1v) is 7.15. The predicted octanol–water partition coefficient (Wildman–Crippen LogP) is 1.91. The molecule has 0 fully saturated rings. The van der Waals surface area contributed by atoms with Crippen molar-refractivity contribution in [1.29, 1.82) is 0 Å². The first-order valence-electron chi connectivity index (χ1n) is 6.78. The minimum absolute atomic E-state index is 0.111. The van der Waals surface area contributed by atoms with Crippen LogP contribution in [0.15, 0.2) is 30.6 Å². The van der Waals surface area contributed by atoms with Crippen LogP contribution in [0.5, 0.6) is 11.5 Å². The summed E-state index contributed by atoms with van der Waals surface area (Å²) in [5.74, 6) is 1.25. The van der Waals surface area contributed by atoms with Crippen molar-refractivity contribution in [2.45, 2.75) is 13.0 Å². The van der Waals surface area contributed by atoms with Crippen molar-refractivity contribution in [3.63, 3.8) is 0 Å². The number of carbonyl (C=O) groups is 1. The lowest BCUT2D eigenvalue weighted by molar-refractivity contribution is -0.121. The number of nitrogens with one attached hydrogen (secondary N) is 1. The van der Waals surface area contributed by atoms with Gasteiger partial charge in [0.05, 0.1) is 25.4 Å². The van der Waals surface area contributed by atoms with Gasteiger partial charge in [0.25, 0.3) is 0 Å². The van der Waals surface area contributed by atoms with Gasteiger partial charge in [-0.2, -0.15) is 5.10 Å². The van der Waals surface area contributed by atoms with Crippen molar-refractivity contribution < 1.29 is 14.3 Å². The molecule has 0 aliphatic rings. The van der Waals surface area contributed by atoms with Gasteiger partial charge in [-0.1, -0.05) is 17.7 Å². The van der Waals surface area contributed by atoms with Crippen molar-refractivity contribution in [2.24, 2.45) is 0 Å². The van der Waals surface area contributed by atoms with Crippen molar-refractivity contribution in [3.8, 4) is 11.5 Å². The lowest BCUT2D eigenvalue weighted by Crippen LogP contribution is -2.29. The first-order chi connectivity index (χ1) is 10.6. The summed E-state index contributed by atoms with van der Waals surface area (Å²) in [6.45, 7) is 0.683. The fourth-order valence-corrected chi connectivity index (χ4v) is 2.17. The predicted molar refractivity (Wildman–Crippen MR) is 83.5 cm³/mol. The Kier molecular flexibility index (Phi) is 5.66. The number of hydrogen-bond acceptors (Lipinski definition) is 4. The van der Waals surface area contributed by atoms with Crippen molar-refractivity contribution in [2.75, 3.05) is 20.8 Å². The van der Waals surface area contributed by atoms with Crippen LogP contribution in [0.3, 0.4) is 0 Å². The lowest BCUT2D eigenvalue weighted by Gasteiger charge is -2.10. The Bertz CT molecular complexity index is 643. The summed E-state index contributed by atoms with van der Waals surface area (Å²) in [6.07, 6.45) is 3.81. The van der Waals surface area contributed by atoms with Crippen LogP contribution in [0.2, 0.25) is 5.02 Å². The number of nitrogens with zero attached hydrogens (tertiary/aromatic N) is 2. The van der Waals surface area contributed by atoms with E-state index in [1.807, 2.05) is 18.2 Å². The van der Waals surface area contributed by atoms with Gasteiger partial charge < -0.3 is 14.8 Å². The van der Waals surface area contributed by atoms with Gasteiger partial charge in [-0.05, 0) is 24.1 Å². The second-order valence-electron chi connectivity index (χ2n) is 4.65. The van der Waals surface area contributed by atoms with E-state index in [1.54, 1.807) is 20.4 Å². The van der Waals surface area contributed by atoms with E-state index in [1.165, 1.54) is 10.9 Å². The summed E-state index contributed by atoms with van der Waals surface area (Å²) in [4.78, 5) is 11.8. The van der Waals surface area contributed by atoms with Crippen LogP contribution in [-0.2, 0) is 17.8 Å². The number of halogens is 1. The van der Waals surface area contributed by atoms with Gasteiger partial charge in [0, 0.05) is 12.7 Å². The quantitative estimate of drug-likeness (QED) is 0.845. The zero-order chi connectivity index (χ0) is 15.9. The number of rotatable bonds is 7. The number of aromatic nitrogens is 2. The van der Waals surface area contributed by atoms with E-state index < -0.39 is 0 Å². The highest BCUT2D eigenvalue weighted by molar-refractivity contribution is 6.30. The van der Waals surface area contributed by atoms with Gasteiger partial charge >= 0.3 is 0 Å². The third kappa shape index (κ3) is 4.39. The minimum atomic E-state index is -0.111. The molecule has 0 bridgehead atoms. The molecule has 1 aromatic heterocycles. The zero-order valence-electron chi connectivity index (χ0n) is 12.5. The average molecular weight is 324 g/mol. The van der Waals surface area contributed by atoms with Crippen LogP contribution in [0, 0.1) is 0 Å². The fourth-order valence-electron chi connectivity index (χ4n) is 2.01. The first kappa shape index (κ1) is 16.2. The largest absolute Gasteiger partial charge is 0.493 e. The molecule has 2 rings (SSSR count). The highest BCUT2D eigenvalue weighted by atomic mass is 35.5. The van der Waals surface area contributed by atoms with Crippen molar-refractivity contribution in [1.82, 2.24) is 15.1 Å². The molecule has 22 heavy (non-hydrogen) atoms. The second-order valence-corrected chi connectivity index (χ2v) is 5.08. The third-order valence-electron chi connectivity index (χ3n) is 3.09. The molecule has 0 spiro atoms. The number of amides is 1. The summed E-state index contributed by atoms with van der Waals surface area (Å²) in [6, 6.07) is 5.70. The molecule has 0 radical (unpaired) electrons. The molecule has 0 aliphatic heterocycles. The summed E-state index contributed by atoms with van der Waals surface area (Å²) < 4.78 is 11.9. The van der Waals surface area contributed by atoms with E-state index in [0.29, 0.717) is 29.5 Å². The van der Waals surface area contributed by atoms with E-state index in [-0.39, 0.29) is 12.5 Å². The van der Waals surface area contributed by atoms with E-state index in [2.05, 4.69) is 10.4 Å². The molecular weight excluding hydrogens is 306 g/mol. The highest BCUT2D eigenvalue weighted by Gasteiger charge is 2.06. The monoisotopic (exact) mass is 323 g/mol. The minimum Gasteiger partial charge on any atom is -0.493 e. The number of methoxy groups -OCH3 is 2. The number of hydrogen-bond donors (Lipinski definition) is 1. The summed E-state index contributed by atoms with van der Waals surface area (Å²) in [7, 11) is 3.19. The van der Waals surface area contributed by atoms with E-state index in [4.69, 9.17) is 21.1 Å². The molecule has 118 valence electrons. The molecule has 1 N–H and O–H groups in total. The van der Waals surface area contributed by atoms with Crippen LogP contribution in [0.1, 0.15) is 5.56 Å². The highest BCUT2D eigenvalue weighted by Crippen LogP contribution is 2.27. The van der Waals surface area contributed by atoms with Gasteiger partial charge in [0.1, 0.15) is 6.54 Å². The maximum absolute atomic E-state index is 11.8. The SMILES string of the molecule is COc1ccc(CCNC(=O)Cn2cc(Cl)cn2)cc1OC. The molecule has 1 amide bonds.